The Bertz CT molecular complexity index is 376. The highest BCUT2D eigenvalue weighted by Crippen LogP contribution is 2.19. The molecule has 1 aromatic rings. The lowest BCUT2D eigenvalue weighted by molar-refractivity contribution is 0.194. The quantitative estimate of drug-likeness (QED) is 0.882. The molecule has 0 bridgehead atoms. The third-order valence-electron chi connectivity index (χ3n) is 3.83. The first kappa shape index (κ1) is 13.2. The van der Waals surface area contributed by atoms with Gasteiger partial charge in [-0.2, -0.15) is 0 Å². The zero-order valence-electron chi connectivity index (χ0n) is 11.8. The summed E-state index contributed by atoms with van der Waals surface area (Å²) in [5, 5.41) is 3.57. The summed E-state index contributed by atoms with van der Waals surface area (Å²) in [6, 6.07) is 9.29. The van der Waals surface area contributed by atoms with Crippen LogP contribution in [0.4, 0.5) is 11.4 Å². The molecule has 1 aromatic carbocycles. The maximum absolute atomic E-state index is 3.57. The molecule has 0 amide bonds. The molecular formula is C15H25N3. The fourth-order valence-corrected chi connectivity index (χ4v) is 2.53. The van der Waals surface area contributed by atoms with E-state index in [1.165, 1.54) is 37.2 Å². The van der Waals surface area contributed by atoms with Crippen molar-refractivity contribution in [1.29, 1.82) is 0 Å². The van der Waals surface area contributed by atoms with Crippen LogP contribution in [0.2, 0.25) is 0 Å². The van der Waals surface area contributed by atoms with E-state index in [1.807, 2.05) is 0 Å². The maximum Gasteiger partial charge on any atom is 0.0381 e. The van der Waals surface area contributed by atoms with Gasteiger partial charge in [-0.05, 0) is 44.6 Å². The smallest absolute Gasteiger partial charge is 0.0381 e. The molecule has 1 heterocycles. The summed E-state index contributed by atoms with van der Waals surface area (Å²) in [7, 11) is 6.39. The molecule has 1 saturated heterocycles. The predicted molar refractivity (Wildman–Crippen MR) is 79.5 cm³/mol. The van der Waals surface area contributed by atoms with Crippen molar-refractivity contribution in [2.75, 3.05) is 44.4 Å². The second kappa shape index (κ2) is 6.10. The lowest BCUT2D eigenvalue weighted by Gasteiger charge is -2.32. The summed E-state index contributed by atoms with van der Waals surface area (Å²) >= 11 is 0. The van der Waals surface area contributed by atoms with E-state index in [4.69, 9.17) is 0 Å². The Morgan fingerprint density at radius 2 is 2.17 bits per heavy atom. The Balaban J connectivity index is 1.91. The molecule has 0 saturated carbocycles. The third kappa shape index (κ3) is 3.39. The molecule has 0 spiro atoms. The highest BCUT2D eigenvalue weighted by atomic mass is 15.2. The molecule has 1 fully saturated rings. The zero-order chi connectivity index (χ0) is 13.0. The second-order valence-electron chi connectivity index (χ2n) is 5.46. The number of hydrogen-bond acceptors (Lipinski definition) is 3. The van der Waals surface area contributed by atoms with Gasteiger partial charge >= 0.3 is 0 Å². The van der Waals surface area contributed by atoms with Gasteiger partial charge in [0.2, 0.25) is 0 Å². The molecule has 1 unspecified atom stereocenters. The van der Waals surface area contributed by atoms with E-state index < -0.39 is 0 Å². The fourth-order valence-electron chi connectivity index (χ4n) is 2.53. The van der Waals surface area contributed by atoms with Crippen LogP contribution in [-0.4, -0.2) is 45.2 Å². The number of nitrogens with zero attached hydrogens (tertiary/aromatic N) is 2. The number of anilines is 2. The highest BCUT2D eigenvalue weighted by molar-refractivity contribution is 5.57. The van der Waals surface area contributed by atoms with Gasteiger partial charge < -0.3 is 15.1 Å². The van der Waals surface area contributed by atoms with Crippen molar-refractivity contribution < 1.29 is 0 Å². The molecule has 1 aliphatic rings. The molecule has 1 N–H and O–H groups in total. The number of likely N-dealkylation sites (tertiary alicyclic amines) is 1. The Hall–Kier alpha value is -1.22. The first-order chi connectivity index (χ1) is 8.66. The van der Waals surface area contributed by atoms with E-state index in [0.29, 0.717) is 6.04 Å². The van der Waals surface area contributed by atoms with Crippen LogP contribution in [-0.2, 0) is 0 Å². The van der Waals surface area contributed by atoms with Gasteiger partial charge in [-0.25, -0.2) is 0 Å². The molecule has 1 aliphatic heterocycles. The van der Waals surface area contributed by atoms with E-state index in [2.05, 4.69) is 60.5 Å². The van der Waals surface area contributed by atoms with Gasteiger partial charge in [0.15, 0.2) is 0 Å². The van der Waals surface area contributed by atoms with Crippen LogP contribution in [0.15, 0.2) is 24.3 Å². The molecule has 0 aliphatic carbocycles. The maximum atomic E-state index is 3.57. The SMILES string of the molecule is CN(C)c1cccc(NCC2CCCCN2C)c1. The van der Waals surface area contributed by atoms with Crippen molar-refractivity contribution in [2.24, 2.45) is 0 Å². The van der Waals surface area contributed by atoms with Crippen LogP contribution < -0.4 is 10.2 Å². The predicted octanol–water partition coefficient (Wildman–Crippen LogP) is 2.65. The van der Waals surface area contributed by atoms with Gasteiger partial charge in [-0.3, -0.25) is 0 Å². The van der Waals surface area contributed by atoms with Crippen molar-refractivity contribution in [2.45, 2.75) is 25.3 Å². The second-order valence-corrected chi connectivity index (χ2v) is 5.46. The number of benzene rings is 1. The van der Waals surface area contributed by atoms with Crippen LogP contribution >= 0.6 is 0 Å². The van der Waals surface area contributed by atoms with Gasteiger partial charge in [0.25, 0.3) is 0 Å². The Morgan fingerprint density at radius 3 is 2.89 bits per heavy atom. The number of likely N-dealkylation sites (N-methyl/N-ethyl adjacent to an activating group) is 1. The molecule has 2 rings (SSSR count). The zero-order valence-corrected chi connectivity index (χ0v) is 11.8. The van der Waals surface area contributed by atoms with Crippen LogP contribution in [0.3, 0.4) is 0 Å². The minimum Gasteiger partial charge on any atom is -0.383 e. The third-order valence-corrected chi connectivity index (χ3v) is 3.83. The van der Waals surface area contributed by atoms with Gasteiger partial charge in [-0.15, -0.1) is 0 Å². The van der Waals surface area contributed by atoms with E-state index in [0.717, 1.165) is 6.54 Å². The van der Waals surface area contributed by atoms with Gasteiger partial charge in [-0.1, -0.05) is 12.5 Å². The topological polar surface area (TPSA) is 18.5 Å². The standard InChI is InChI=1S/C15H25N3/c1-17(2)14-9-6-7-13(11-14)16-12-15-8-4-5-10-18(15)3/h6-7,9,11,15-16H,4-5,8,10,12H2,1-3H3. The van der Waals surface area contributed by atoms with Crippen LogP contribution in [0, 0.1) is 0 Å². The van der Waals surface area contributed by atoms with Crippen molar-refractivity contribution in [3.63, 3.8) is 0 Å². The lowest BCUT2D eigenvalue weighted by atomic mass is 10.0. The molecule has 3 heteroatoms. The van der Waals surface area contributed by atoms with Crippen molar-refractivity contribution in [3.8, 4) is 0 Å². The summed E-state index contributed by atoms with van der Waals surface area (Å²) in [4.78, 5) is 4.62. The highest BCUT2D eigenvalue weighted by Gasteiger charge is 2.18. The van der Waals surface area contributed by atoms with Crippen molar-refractivity contribution >= 4 is 11.4 Å². The molecule has 1 atom stereocenters. The van der Waals surface area contributed by atoms with E-state index in [-0.39, 0.29) is 0 Å². The largest absolute Gasteiger partial charge is 0.383 e. The normalized spacial score (nSPS) is 20.7. The Labute approximate surface area is 111 Å². The first-order valence-electron chi connectivity index (χ1n) is 6.88. The summed E-state index contributed by atoms with van der Waals surface area (Å²) in [6.45, 7) is 2.29. The first-order valence-corrected chi connectivity index (χ1v) is 6.88. The molecular weight excluding hydrogens is 222 g/mol. The molecule has 3 nitrogen and oxygen atoms in total. The van der Waals surface area contributed by atoms with Crippen LogP contribution in [0.25, 0.3) is 0 Å². The summed E-state index contributed by atoms with van der Waals surface area (Å²) < 4.78 is 0. The van der Waals surface area contributed by atoms with Gasteiger partial charge in [0.1, 0.15) is 0 Å². The molecule has 18 heavy (non-hydrogen) atoms. The Kier molecular flexibility index (Phi) is 4.48. The van der Waals surface area contributed by atoms with E-state index in [1.54, 1.807) is 0 Å². The molecule has 0 aromatic heterocycles. The molecule has 0 radical (unpaired) electrons. The van der Waals surface area contributed by atoms with Gasteiger partial charge in [0.05, 0.1) is 0 Å². The van der Waals surface area contributed by atoms with Crippen LogP contribution in [0.1, 0.15) is 19.3 Å². The minimum absolute atomic E-state index is 0.682. The van der Waals surface area contributed by atoms with E-state index >= 15 is 0 Å². The average Bonchev–Trinajstić information content (AvgIpc) is 2.38. The summed E-state index contributed by atoms with van der Waals surface area (Å²) in [5.74, 6) is 0. The number of nitrogens with one attached hydrogen (secondary N) is 1. The monoisotopic (exact) mass is 247 g/mol. The van der Waals surface area contributed by atoms with E-state index in [9.17, 15) is 0 Å². The number of piperidine rings is 1. The number of hydrogen-bond donors (Lipinski definition) is 1. The van der Waals surface area contributed by atoms with Crippen molar-refractivity contribution in [1.82, 2.24) is 4.90 Å². The summed E-state index contributed by atoms with van der Waals surface area (Å²) in [5.41, 5.74) is 2.47. The van der Waals surface area contributed by atoms with Crippen LogP contribution in [0.5, 0.6) is 0 Å². The number of rotatable bonds is 4. The van der Waals surface area contributed by atoms with Crippen molar-refractivity contribution in [3.05, 3.63) is 24.3 Å². The van der Waals surface area contributed by atoms with Gasteiger partial charge in [0, 0.05) is 38.1 Å². The fraction of sp³-hybridized carbons (Fsp3) is 0.600. The lowest BCUT2D eigenvalue weighted by Crippen LogP contribution is -2.40. The molecule has 100 valence electrons. The minimum atomic E-state index is 0.682. The average molecular weight is 247 g/mol. The Morgan fingerprint density at radius 1 is 1.33 bits per heavy atom. The summed E-state index contributed by atoms with van der Waals surface area (Å²) in [6.07, 6.45) is 4.04.